The minimum absolute atomic E-state index is 0.0618. The van der Waals surface area contributed by atoms with Gasteiger partial charge in [0.25, 0.3) is 0 Å². The first kappa shape index (κ1) is 18.6. The summed E-state index contributed by atoms with van der Waals surface area (Å²) in [5.41, 5.74) is 1.21. The van der Waals surface area contributed by atoms with E-state index >= 15 is 0 Å². The van der Waals surface area contributed by atoms with Crippen molar-refractivity contribution in [2.45, 2.75) is 19.2 Å². The highest BCUT2D eigenvalue weighted by Crippen LogP contribution is 2.28. The smallest absolute Gasteiger partial charge is 0.422 e. The quantitative estimate of drug-likeness (QED) is 0.707. The Hall–Kier alpha value is -2.70. The van der Waals surface area contributed by atoms with Gasteiger partial charge in [-0.15, -0.1) is 0 Å². The number of carbonyl (C=O) groups is 1. The Morgan fingerprint density at radius 1 is 1.04 bits per heavy atom. The van der Waals surface area contributed by atoms with Crippen LogP contribution in [-0.4, -0.2) is 25.9 Å². The fraction of sp³-hybridized carbons (Fsp3) is 0.278. The van der Waals surface area contributed by atoms with Crippen molar-refractivity contribution in [3.05, 3.63) is 59.7 Å². The molecule has 25 heavy (non-hydrogen) atoms. The molecule has 0 atom stereocenters. The maximum absolute atomic E-state index is 12.4. The molecule has 0 bridgehead atoms. The van der Waals surface area contributed by atoms with E-state index in [1.165, 1.54) is 19.2 Å². The highest BCUT2D eigenvalue weighted by molar-refractivity contribution is 5.73. The van der Waals surface area contributed by atoms with Crippen LogP contribution < -0.4 is 9.47 Å². The van der Waals surface area contributed by atoms with E-state index in [2.05, 4.69) is 4.74 Å². The molecule has 0 radical (unpaired) electrons. The Bertz CT molecular complexity index is 699. The fourth-order valence-corrected chi connectivity index (χ4v) is 2.03. The van der Waals surface area contributed by atoms with Crippen molar-refractivity contribution >= 4 is 5.97 Å². The first-order valence-corrected chi connectivity index (χ1v) is 7.43. The van der Waals surface area contributed by atoms with E-state index in [9.17, 15) is 18.0 Å². The molecular weight excluding hydrogens is 337 g/mol. The van der Waals surface area contributed by atoms with Crippen LogP contribution in [0.4, 0.5) is 13.2 Å². The van der Waals surface area contributed by atoms with Gasteiger partial charge in [-0.25, -0.2) is 0 Å². The van der Waals surface area contributed by atoms with Crippen LogP contribution in [0.3, 0.4) is 0 Å². The van der Waals surface area contributed by atoms with Gasteiger partial charge in [-0.05, 0) is 11.6 Å². The van der Waals surface area contributed by atoms with Gasteiger partial charge < -0.3 is 14.2 Å². The summed E-state index contributed by atoms with van der Waals surface area (Å²) in [4.78, 5) is 11.4. The van der Waals surface area contributed by atoms with Gasteiger partial charge >= 0.3 is 12.1 Å². The van der Waals surface area contributed by atoms with Crippen LogP contribution in [0.5, 0.6) is 11.5 Å². The molecule has 0 heterocycles. The second kappa shape index (κ2) is 8.41. The lowest BCUT2D eigenvalue weighted by Gasteiger charge is -2.15. The average molecular weight is 354 g/mol. The van der Waals surface area contributed by atoms with Crippen LogP contribution in [0.25, 0.3) is 0 Å². The third-order valence-corrected chi connectivity index (χ3v) is 3.24. The van der Waals surface area contributed by atoms with Crippen LogP contribution in [0.2, 0.25) is 0 Å². The summed E-state index contributed by atoms with van der Waals surface area (Å²) in [5.74, 6) is -0.294. The van der Waals surface area contributed by atoms with E-state index in [1.807, 2.05) is 30.3 Å². The minimum Gasteiger partial charge on any atom is -0.489 e. The largest absolute Gasteiger partial charge is 0.489 e. The summed E-state index contributed by atoms with van der Waals surface area (Å²) in [7, 11) is 1.20. The molecule has 0 fully saturated rings. The van der Waals surface area contributed by atoms with E-state index in [0.29, 0.717) is 11.3 Å². The molecule has 134 valence electrons. The number of carbonyl (C=O) groups excluding carboxylic acids is 1. The number of hydrogen-bond acceptors (Lipinski definition) is 4. The van der Waals surface area contributed by atoms with Crippen LogP contribution in [0, 0.1) is 0 Å². The molecule has 0 N–H and O–H groups in total. The number of benzene rings is 2. The van der Waals surface area contributed by atoms with Crippen molar-refractivity contribution < 1.29 is 32.2 Å². The average Bonchev–Trinajstić information content (AvgIpc) is 2.59. The molecule has 0 spiro atoms. The molecule has 4 nitrogen and oxygen atoms in total. The molecule has 0 aliphatic rings. The number of halogens is 3. The third kappa shape index (κ3) is 6.37. The highest BCUT2D eigenvalue weighted by Gasteiger charge is 2.29. The molecule has 0 amide bonds. The van der Waals surface area contributed by atoms with Crippen LogP contribution in [0.1, 0.15) is 11.1 Å². The molecule has 0 aliphatic heterocycles. The number of methoxy groups -OCH3 is 1. The molecule has 0 saturated heterocycles. The molecule has 0 saturated carbocycles. The normalized spacial score (nSPS) is 11.0. The third-order valence-electron chi connectivity index (χ3n) is 3.24. The molecule has 7 heteroatoms. The number of rotatable bonds is 7. The summed E-state index contributed by atoms with van der Waals surface area (Å²) in [6.07, 6.45) is -4.67. The lowest BCUT2D eigenvalue weighted by Crippen LogP contribution is -2.20. The van der Waals surface area contributed by atoms with Crippen LogP contribution in [-0.2, 0) is 22.6 Å². The Balaban J connectivity index is 2.13. The monoisotopic (exact) mass is 354 g/mol. The molecule has 0 aromatic heterocycles. The van der Waals surface area contributed by atoms with E-state index < -0.39 is 18.8 Å². The summed E-state index contributed by atoms with van der Waals surface area (Å²) in [6.45, 7) is -1.20. The SMILES string of the molecule is COC(=O)Cc1ccc(OCc2ccccc2)cc1OCC(F)(F)F. The van der Waals surface area contributed by atoms with Gasteiger partial charge in [0.2, 0.25) is 0 Å². The van der Waals surface area contributed by atoms with Gasteiger partial charge in [0.1, 0.15) is 18.1 Å². The van der Waals surface area contributed by atoms with Crippen molar-refractivity contribution in [3.63, 3.8) is 0 Å². The Kier molecular flexibility index (Phi) is 6.27. The summed E-state index contributed by atoms with van der Waals surface area (Å²) in [5, 5.41) is 0. The molecular formula is C18H17F3O4. The standard InChI is InChI=1S/C18H17F3O4/c1-23-17(22)9-14-7-8-15(10-16(14)25-12-18(19,20)21)24-11-13-5-3-2-4-6-13/h2-8,10H,9,11-12H2,1H3. The lowest BCUT2D eigenvalue weighted by molar-refractivity contribution is -0.153. The minimum atomic E-state index is -4.48. The predicted octanol–water partition coefficient (Wildman–Crippen LogP) is 3.92. The van der Waals surface area contributed by atoms with Gasteiger partial charge in [0, 0.05) is 11.6 Å². The van der Waals surface area contributed by atoms with Crippen molar-refractivity contribution in [1.82, 2.24) is 0 Å². The van der Waals surface area contributed by atoms with Crippen molar-refractivity contribution in [2.24, 2.45) is 0 Å². The van der Waals surface area contributed by atoms with Crippen molar-refractivity contribution in [1.29, 1.82) is 0 Å². The van der Waals surface area contributed by atoms with Gasteiger partial charge in [-0.2, -0.15) is 13.2 Å². The maximum Gasteiger partial charge on any atom is 0.422 e. The predicted molar refractivity (Wildman–Crippen MR) is 84.5 cm³/mol. The Morgan fingerprint density at radius 2 is 1.76 bits per heavy atom. The van der Waals surface area contributed by atoms with E-state index in [0.717, 1.165) is 5.56 Å². The van der Waals surface area contributed by atoms with Crippen LogP contribution in [0.15, 0.2) is 48.5 Å². The highest BCUT2D eigenvalue weighted by atomic mass is 19.4. The number of hydrogen-bond donors (Lipinski definition) is 0. The maximum atomic E-state index is 12.4. The van der Waals surface area contributed by atoms with E-state index in [-0.39, 0.29) is 18.8 Å². The zero-order chi connectivity index (χ0) is 18.3. The zero-order valence-corrected chi connectivity index (χ0v) is 13.5. The van der Waals surface area contributed by atoms with E-state index in [4.69, 9.17) is 9.47 Å². The molecule has 2 rings (SSSR count). The van der Waals surface area contributed by atoms with Gasteiger partial charge in [0.15, 0.2) is 6.61 Å². The first-order valence-electron chi connectivity index (χ1n) is 7.43. The van der Waals surface area contributed by atoms with Gasteiger partial charge in [-0.3, -0.25) is 4.79 Å². The Morgan fingerprint density at radius 3 is 2.40 bits per heavy atom. The summed E-state index contributed by atoms with van der Waals surface area (Å²) < 4.78 is 52.2. The van der Waals surface area contributed by atoms with Gasteiger partial charge in [-0.1, -0.05) is 36.4 Å². The lowest BCUT2D eigenvalue weighted by atomic mass is 10.1. The Labute approximate surface area is 143 Å². The van der Waals surface area contributed by atoms with Crippen molar-refractivity contribution in [2.75, 3.05) is 13.7 Å². The van der Waals surface area contributed by atoms with Crippen LogP contribution >= 0.6 is 0 Å². The van der Waals surface area contributed by atoms with Gasteiger partial charge in [0.05, 0.1) is 13.5 Å². The topological polar surface area (TPSA) is 44.8 Å². The number of ether oxygens (including phenoxy) is 3. The first-order chi connectivity index (χ1) is 11.9. The summed E-state index contributed by atoms with van der Waals surface area (Å²) in [6, 6.07) is 13.7. The second-order valence-electron chi connectivity index (χ2n) is 5.20. The molecule has 2 aromatic rings. The molecule has 0 aliphatic carbocycles. The fourth-order valence-electron chi connectivity index (χ4n) is 2.03. The summed E-state index contributed by atoms with van der Waals surface area (Å²) >= 11 is 0. The number of esters is 1. The number of alkyl halides is 3. The molecule has 0 unspecified atom stereocenters. The van der Waals surface area contributed by atoms with E-state index in [1.54, 1.807) is 6.07 Å². The zero-order valence-electron chi connectivity index (χ0n) is 13.5. The second-order valence-corrected chi connectivity index (χ2v) is 5.20. The molecule has 2 aromatic carbocycles. The van der Waals surface area contributed by atoms with Crippen molar-refractivity contribution in [3.8, 4) is 11.5 Å².